The average Bonchev–Trinajstić information content (AvgIpc) is 2.89. The van der Waals surface area contributed by atoms with Crippen LogP contribution >= 0.6 is 0 Å². The lowest BCUT2D eigenvalue weighted by Crippen LogP contribution is -2.61. The van der Waals surface area contributed by atoms with Gasteiger partial charge in [0.1, 0.15) is 17.3 Å². The first-order valence-corrected chi connectivity index (χ1v) is 15.0. The predicted octanol–water partition coefficient (Wildman–Crippen LogP) is 2.66. The SMILES string of the molecule is COc1ccc(S(=O)(=O)N2CCN(c3cccc(C(=O)N[C@H]4C5CC6CC4C[C@](O)(C6)C5)n3)[C@H](C)C2)cc1. The summed E-state index contributed by atoms with van der Waals surface area (Å²) in [5.41, 5.74) is -0.162. The summed E-state index contributed by atoms with van der Waals surface area (Å²) in [6, 6.07) is 11.9. The standard InChI is InChI=1S/C28H36N4O5S/c1-18-17-31(38(35,36)23-8-6-22(37-2)7-9-23)10-11-32(18)25-5-3-4-24(29-25)27(33)30-26-20-12-19-13-21(26)16-28(34,14-19)15-20/h3-9,18-21,26,34H,10-17H2,1-2H3,(H,30,33)/t18-,19?,20?,21?,26-,28-/m1/s1. The molecule has 2 unspecified atom stereocenters. The number of methoxy groups -OCH3 is 1. The van der Waals surface area contributed by atoms with Crippen molar-refractivity contribution in [2.24, 2.45) is 17.8 Å². The van der Waals surface area contributed by atoms with Gasteiger partial charge in [0, 0.05) is 31.7 Å². The molecule has 5 aliphatic rings. The molecule has 2 heterocycles. The molecule has 2 N–H and O–H groups in total. The van der Waals surface area contributed by atoms with E-state index in [-0.39, 0.29) is 22.9 Å². The number of pyridine rings is 1. The van der Waals surface area contributed by atoms with E-state index in [1.807, 2.05) is 19.1 Å². The molecular weight excluding hydrogens is 504 g/mol. The molecule has 4 aliphatic carbocycles. The van der Waals surface area contributed by atoms with Crippen LogP contribution in [0, 0.1) is 17.8 Å². The van der Waals surface area contributed by atoms with E-state index in [2.05, 4.69) is 10.2 Å². The van der Waals surface area contributed by atoms with Crippen molar-refractivity contribution in [3.63, 3.8) is 0 Å². The number of sulfonamides is 1. The van der Waals surface area contributed by atoms with E-state index < -0.39 is 15.6 Å². The zero-order valence-corrected chi connectivity index (χ0v) is 22.7. The third-order valence-corrected chi connectivity index (χ3v) is 11.0. The smallest absolute Gasteiger partial charge is 0.270 e. The molecule has 1 aromatic heterocycles. The van der Waals surface area contributed by atoms with Crippen LogP contribution in [0.25, 0.3) is 0 Å². The van der Waals surface area contributed by atoms with Gasteiger partial charge in [0.2, 0.25) is 10.0 Å². The third kappa shape index (κ3) is 4.56. The molecule has 0 radical (unpaired) electrons. The van der Waals surface area contributed by atoms with E-state index in [9.17, 15) is 18.3 Å². The first-order valence-electron chi connectivity index (χ1n) is 13.6. The summed E-state index contributed by atoms with van der Waals surface area (Å²) < 4.78 is 33.1. The van der Waals surface area contributed by atoms with Crippen molar-refractivity contribution in [2.75, 3.05) is 31.6 Å². The van der Waals surface area contributed by atoms with Crippen LogP contribution < -0.4 is 15.0 Å². The van der Waals surface area contributed by atoms with Crippen LogP contribution in [0.1, 0.15) is 49.5 Å². The van der Waals surface area contributed by atoms with Crippen molar-refractivity contribution in [1.82, 2.24) is 14.6 Å². The fourth-order valence-electron chi connectivity index (χ4n) is 7.53. The van der Waals surface area contributed by atoms with Crippen LogP contribution in [-0.4, -0.2) is 73.1 Å². The van der Waals surface area contributed by atoms with Crippen LogP contribution in [-0.2, 0) is 10.0 Å². The molecule has 1 amide bonds. The number of nitrogens with one attached hydrogen (secondary N) is 1. The van der Waals surface area contributed by atoms with Crippen molar-refractivity contribution in [3.05, 3.63) is 48.2 Å². The number of aromatic nitrogens is 1. The van der Waals surface area contributed by atoms with Gasteiger partial charge in [0.15, 0.2) is 0 Å². The highest BCUT2D eigenvalue weighted by molar-refractivity contribution is 7.89. The predicted molar refractivity (Wildman–Crippen MR) is 143 cm³/mol. The highest BCUT2D eigenvalue weighted by Crippen LogP contribution is 2.55. The Morgan fingerprint density at radius 1 is 1.08 bits per heavy atom. The molecule has 2 aromatic rings. The van der Waals surface area contributed by atoms with Gasteiger partial charge < -0.3 is 20.1 Å². The van der Waals surface area contributed by atoms with Crippen LogP contribution in [0.3, 0.4) is 0 Å². The van der Waals surface area contributed by atoms with Gasteiger partial charge in [-0.2, -0.15) is 4.31 Å². The Balaban J connectivity index is 1.12. The molecule has 1 aromatic carbocycles. The molecule has 4 bridgehead atoms. The minimum Gasteiger partial charge on any atom is -0.497 e. The molecule has 7 rings (SSSR count). The van der Waals surface area contributed by atoms with Crippen LogP contribution in [0.4, 0.5) is 5.82 Å². The van der Waals surface area contributed by atoms with Crippen molar-refractivity contribution in [1.29, 1.82) is 0 Å². The molecule has 9 nitrogen and oxygen atoms in total. The maximum Gasteiger partial charge on any atom is 0.270 e. The van der Waals surface area contributed by atoms with Crippen molar-refractivity contribution < 1.29 is 23.1 Å². The largest absolute Gasteiger partial charge is 0.497 e. The zero-order valence-electron chi connectivity index (χ0n) is 21.9. The number of amides is 1. The van der Waals surface area contributed by atoms with E-state index in [0.717, 1.165) is 32.1 Å². The second-order valence-electron chi connectivity index (χ2n) is 11.7. The monoisotopic (exact) mass is 540 g/mol. The fraction of sp³-hybridized carbons (Fsp3) is 0.571. The molecular formula is C28H36N4O5S. The number of nitrogens with zero attached hydrogens (tertiary/aromatic N) is 3. The van der Waals surface area contributed by atoms with Crippen LogP contribution in [0.5, 0.6) is 5.75 Å². The zero-order chi connectivity index (χ0) is 26.7. The number of carbonyl (C=O) groups is 1. The quantitative estimate of drug-likeness (QED) is 0.579. The Morgan fingerprint density at radius 2 is 1.79 bits per heavy atom. The molecule has 3 atom stereocenters. The van der Waals surface area contributed by atoms with Gasteiger partial charge >= 0.3 is 0 Å². The van der Waals surface area contributed by atoms with Crippen molar-refractivity contribution in [3.8, 4) is 5.75 Å². The van der Waals surface area contributed by atoms with Gasteiger partial charge in [-0.15, -0.1) is 0 Å². The normalized spacial score (nSPS) is 32.8. The summed E-state index contributed by atoms with van der Waals surface area (Å²) in [4.78, 5) is 20.3. The number of hydrogen-bond donors (Lipinski definition) is 2. The highest BCUT2D eigenvalue weighted by Gasteiger charge is 2.55. The van der Waals surface area contributed by atoms with E-state index >= 15 is 0 Å². The minimum absolute atomic E-state index is 0.0930. The molecule has 1 aliphatic heterocycles. The number of benzene rings is 1. The first kappa shape index (κ1) is 25.6. The number of piperazine rings is 1. The summed E-state index contributed by atoms with van der Waals surface area (Å²) in [6.07, 6.45) is 4.63. The summed E-state index contributed by atoms with van der Waals surface area (Å²) in [5.74, 6) is 2.35. The van der Waals surface area contributed by atoms with E-state index in [1.165, 1.54) is 4.31 Å². The lowest BCUT2D eigenvalue weighted by Gasteiger charge is -2.58. The lowest BCUT2D eigenvalue weighted by molar-refractivity contribution is -0.136. The maximum absolute atomic E-state index is 13.3. The highest BCUT2D eigenvalue weighted by atomic mass is 32.2. The van der Waals surface area contributed by atoms with Crippen LogP contribution in [0.15, 0.2) is 47.4 Å². The number of anilines is 1. The van der Waals surface area contributed by atoms with Gasteiger partial charge in [0.05, 0.1) is 17.6 Å². The maximum atomic E-state index is 13.3. The number of rotatable bonds is 6. The van der Waals surface area contributed by atoms with Gasteiger partial charge in [-0.1, -0.05) is 6.07 Å². The van der Waals surface area contributed by atoms with Crippen molar-refractivity contribution >= 4 is 21.7 Å². The number of ether oxygens (including phenoxy) is 1. The fourth-order valence-corrected chi connectivity index (χ4v) is 9.04. The topological polar surface area (TPSA) is 112 Å². The third-order valence-electron chi connectivity index (χ3n) is 9.09. The molecule has 0 spiro atoms. The number of aliphatic hydroxyl groups is 1. The lowest BCUT2D eigenvalue weighted by atomic mass is 9.52. The molecule has 5 fully saturated rings. The second-order valence-corrected chi connectivity index (χ2v) is 13.6. The Morgan fingerprint density at radius 3 is 2.42 bits per heavy atom. The average molecular weight is 541 g/mol. The molecule has 1 saturated heterocycles. The van der Waals surface area contributed by atoms with Gasteiger partial charge in [-0.25, -0.2) is 13.4 Å². The van der Waals surface area contributed by atoms with Crippen molar-refractivity contribution in [2.45, 2.75) is 61.6 Å². The van der Waals surface area contributed by atoms with E-state index in [1.54, 1.807) is 37.4 Å². The Bertz CT molecular complexity index is 1300. The first-order chi connectivity index (χ1) is 18.1. The molecule has 38 heavy (non-hydrogen) atoms. The molecule has 204 valence electrons. The molecule has 4 saturated carbocycles. The summed E-state index contributed by atoms with van der Waals surface area (Å²) in [6.45, 7) is 3.10. The summed E-state index contributed by atoms with van der Waals surface area (Å²) in [7, 11) is -2.08. The Kier molecular flexibility index (Phi) is 6.39. The van der Waals surface area contributed by atoms with Gasteiger partial charge in [-0.05, 0) is 93.2 Å². The Hall–Kier alpha value is -2.69. The van der Waals surface area contributed by atoms with E-state index in [0.29, 0.717) is 54.6 Å². The summed E-state index contributed by atoms with van der Waals surface area (Å²) in [5, 5.41) is 14.1. The number of hydrogen-bond acceptors (Lipinski definition) is 7. The van der Waals surface area contributed by atoms with Gasteiger partial charge in [0.25, 0.3) is 5.91 Å². The van der Waals surface area contributed by atoms with E-state index in [4.69, 9.17) is 9.72 Å². The second kappa shape index (κ2) is 9.50. The minimum atomic E-state index is -3.63. The number of carbonyl (C=O) groups excluding carboxylic acids is 1. The Labute approximate surface area is 224 Å². The van der Waals surface area contributed by atoms with Gasteiger partial charge in [-0.3, -0.25) is 4.79 Å². The summed E-state index contributed by atoms with van der Waals surface area (Å²) >= 11 is 0. The van der Waals surface area contributed by atoms with Crippen LogP contribution in [0.2, 0.25) is 0 Å². The molecule has 10 heteroatoms.